The van der Waals surface area contributed by atoms with Crippen LogP contribution in [0.15, 0.2) is 182 Å². The van der Waals surface area contributed by atoms with Crippen LogP contribution in [0, 0.1) is 32.5 Å². The third-order valence-electron chi connectivity index (χ3n) is 17.4. The van der Waals surface area contributed by atoms with Crippen molar-refractivity contribution in [3.63, 3.8) is 0 Å². The van der Waals surface area contributed by atoms with Gasteiger partial charge in [0.25, 0.3) is 0 Å². The van der Waals surface area contributed by atoms with E-state index in [-0.39, 0.29) is 0 Å². The molecule has 0 amide bonds. The predicted molar refractivity (Wildman–Crippen MR) is 285 cm³/mol. The summed E-state index contributed by atoms with van der Waals surface area (Å²) in [5.74, 6) is 0. The first-order valence-corrected chi connectivity index (χ1v) is 25.0. The average Bonchev–Trinajstić information content (AvgIpc) is 3.24. The first-order chi connectivity index (χ1) is 30.6. The van der Waals surface area contributed by atoms with E-state index in [4.69, 9.17) is 0 Å². The van der Waals surface area contributed by atoms with Gasteiger partial charge in [0.15, 0.2) is 0 Å². The quantitative estimate of drug-likeness (QED) is 0.156. The molecule has 0 radical (unpaired) electrons. The van der Waals surface area contributed by atoms with E-state index in [1.165, 1.54) is 33.4 Å². The Morgan fingerprint density at radius 2 is 0.258 bits per heavy atom. The van der Waals surface area contributed by atoms with Gasteiger partial charge in [0.1, 0.15) is 0 Å². The van der Waals surface area contributed by atoms with E-state index in [0.717, 1.165) is 0 Å². The Hall–Kier alpha value is -4.68. The highest BCUT2D eigenvalue weighted by Crippen LogP contribution is 2.93. The maximum atomic E-state index is 2.64. The number of rotatable bonds is 6. The van der Waals surface area contributed by atoms with Gasteiger partial charge in [0.2, 0.25) is 0 Å². The Morgan fingerprint density at radius 1 is 0.167 bits per heavy atom. The molecular weight excluding hydrogens is 793 g/mol. The van der Waals surface area contributed by atoms with Crippen molar-refractivity contribution >= 4 is 0 Å². The zero-order chi connectivity index (χ0) is 48.7. The zero-order valence-electron chi connectivity index (χ0n) is 44.3. The van der Waals surface area contributed by atoms with Crippen molar-refractivity contribution in [2.45, 2.75) is 157 Å². The van der Waals surface area contributed by atoms with Crippen LogP contribution < -0.4 is 0 Å². The van der Waals surface area contributed by atoms with Gasteiger partial charge in [0, 0.05) is 32.5 Å². The Morgan fingerprint density at radius 3 is 0.333 bits per heavy atom. The zero-order valence-corrected chi connectivity index (χ0v) is 44.3. The van der Waals surface area contributed by atoms with E-state index < -0.39 is 65.0 Å². The fourth-order valence-electron chi connectivity index (χ4n) is 17.8. The molecule has 1 saturated carbocycles. The third-order valence-corrected chi connectivity index (χ3v) is 17.4. The van der Waals surface area contributed by atoms with Gasteiger partial charge < -0.3 is 0 Å². The summed E-state index contributed by atoms with van der Waals surface area (Å²) in [5.41, 5.74) is 1.17. The number of hydrogen-bond donors (Lipinski definition) is 0. The van der Waals surface area contributed by atoms with E-state index >= 15 is 0 Å². The summed E-state index contributed by atoms with van der Waals surface area (Å²) in [7, 11) is 0. The van der Waals surface area contributed by atoms with Gasteiger partial charge in [0.05, 0.1) is 0 Å². The molecule has 0 heteroatoms. The molecular formula is C66H84. The molecule has 0 aliphatic heterocycles. The Labute approximate surface area is 403 Å². The van der Waals surface area contributed by atoms with Crippen LogP contribution in [0.3, 0.4) is 0 Å². The lowest BCUT2D eigenvalue weighted by molar-refractivity contribution is -0.309. The van der Waals surface area contributed by atoms with Crippen molar-refractivity contribution in [2.24, 2.45) is 32.5 Å². The minimum atomic E-state index is -0.747. The SMILES string of the molecule is CC(C)(C)C1(c2ccccc2)C(c2ccccc2)(C(C)(C)C)C(c2ccccc2)(C(C)(C)C)C(c2ccccc2)(C(C)(C)C)C(c2ccccc2)(C(C)(C)C)C1(c1ccccc1)C(C)(C)C. The smallest absolute Gasteiger partial charge is 0.0223 e. The van der Waals surface area contributed by atoms with Gasteiger partial charge in [-0.05, 0) is 65.9 Å². The van der Waals surface area contributed by atoms with Crippen molar-refractivity contribution in [1.82, 2.24) is 0 Å². The molecule has 0 unspecified atom stereocenters. The van der Waals surface area contributed by atoms with E-state index in [9.17, 15) is 0 Å². The molecule has 348 valence electrons. The van der Waals surface area contributed by atoms with Crippen LogP contribution >= 0.6 is 0 Å². The van der Waals surface area contributed by atoms with Crippen molar-refractivity contribution in [3.05, 3.63) is 215 Å². The van der Waals surface area contributed by atoms with E-state index in [1.807, 2.05) is 0 Å². The first-order valence-electron chi connectivity index (χ1n) is 25.0. The highest BCUT2D eigenvalue weighted by Gasteiger charge is 2.96. The van der Waals surface area contributed by atoms with Crippen molar-refractivity contribution in [2.75, 3.05) is 0 Å². The van der Waals surface area contributed by atoms with Crippen molar-refractivity contribution < 1.29 is 0 Å². The number of benzene rings is 6. The monoisotopic (exact) mass is 877 g/mol. The normalized spacial score (nSPS) is 27.9. The van der Waals surface area contributed by atoms with Crippen molar-refractivity contribution in [3.8, 4) is 0 Å². The Balaban J connectivity index is 2.25. The lowest BCUT2D eigenvalue weighted by atomic mass is 9.08. The molecule has 1 fully saturated rings. The summed E-state index contributed by atoms with van der Waals surface area (Å²) in [6.07, 6.45) is 0. The molecule has 0 spiro atoms. The summed E-state index contributed by atoms with van der Waals surface area (Å²) in [5, 5.41) is 0. The lowest BCUT2D eigenvalue weighted by Crippen LogP contribution is -2.97. The molecule has 7 rings (SSSR count). The van der Waals surface area contributed by atoms with Gasteiger partial charge in [-0.25, -0.2) is 0 Å². The largest absolute Gasteiger partial charge is 0.0622 e. The van der Waals surface area contributed by atoms with E-state index in [0.29, 0.717) is 0 Å². The average molecular weight is 877 g/mol. The van der Waals surface area contributed by atoms with Gasteiger partial charge in [-0.2, -0.15) is 0 Å². The maximum absolute atomic E-state index is 2.64. The summed E-state index contributed by atoms with van der Waals surface area (Å²) in [6.45, 7) is 47.4. The molecule has 0 heterocycles. The van der Waals surface area contributed by atoms with Crippen LogP contribution in [0.1, 0.15) is 158 Å². The highest BCUT2D eigenvalue weighted by atomic mass is 15.0. The van der Waals surface area contributed by atoms with E-state index in [2.05, 4.69) is 307 Å². The molecule has 66 heavy (non-hydrogen) atoms. The molecule has 1 aliphatic rings. The standard InChI is InChI=1S/C66H84/c1-55(2,3)61(49-37-25-19-26-38-49)62(56(4,5)6,50-39-27-20-28-40-50)64(58(10,11)12,52-43-31-22-32-44-52)66(60(16,17)18,54-47-35-24-36-48-54)65(59(13,14)15,53-45-33-23-34-46-53)63(61,57(7,8)9)51-41-29-21-30-42-51/h19-48H,1-18H3. The molecule has 0 N–H and O–H groups in total. The minimum absolute atomic E-state index is 0.447. The molecule has 6 aromatic carbocycles. The second kappa shape index (κ2) is 16.0. The van der Waals surface area contributed by atoms with Crippen LogP contribution in [0.5, 0.6) is 0 Å². The molecule has 6 aromatic rings. The second-order valence-electron chi connectivity index (χ2n) is 26.2. The Bertz CT molecular complexity index is 2050. The molecule has 0 atom stereocenters. The van der Waals surface area contributed by atoms with Crippen LogP contribution in [0.2, 0.25) is 0 Å². The van der Waals surface area contributed by atoms with Crippen molar-refractivity contribution in [1.29, 1.82) is 0 Å². The van der Waals surface area contributed by atoms with Crippen LogP contribution in [-0.2, 0) is 32.5 Å². The Kier molecular flexibility index (Phi) is 11.9. The molecule has 0 saturated heterocycles. The fraction of sp³-hybridized carbons (Fsp3) is 0.455. The second-order valence-corrected chi connectivity index (χ2v) is 26.2. The maximum Gasteiger partial charge on any atom is 0.0223 e. The lowest BCUT2D eigenvalue weighted by Gasteiger charge is -2.93. The third kappa shape index (κ3) is 5.75. The molecule has 0 aromatic heterocycles. The van der Waals surface area contributed by atoms with Gasteiger partial charge in [-0.15, -0.1) is 0 Å². The summed E-state index contributed by atoms with van der Waals surface area (Å²) >= 11 is 0. The first kappa shape index (κ1) is 49.2. The van der Waals surface area contributed by atoms with Crippen LogP contribution in [-0.4, -0.2) is 0 Å². The fourth-order valence-corrected chi connectivity index (χ4v) is 17.8. The predicted octanol–water partition coefficient (Wildman–Crippen LogP) is 17.9. The summed E-state index contributed by atoms with van der Waals surface area (Å²) in [6, 6.07) is 72.4. The van der Waals surface area contributed by atoms with E-state index in [1.54, 1.807) is 0 Å². The highest BCUT2D eigenvalue weighted by molar-refractivity contribution is 5.72. The van der Waals surface area contributed by atoms with Gasteiger partial charge in [-0.3, -0.25) is 0 Å². The number of hydrogen-bond acceptors (Lipinski definition) is 0. The van der Waals surface area contributed by atoms with Crippen LogP contribution in [0.4, 0.5) is 0 Å². The summed E-state index contributed by atoms with van der Waals surface area (Å²) in [4.78, 5) is 0. The minimum Gasteiger partial charge on any atom is -0.0622 e. The topological polar surface area (TPSA) is 0 Å². The molecule has 1 aliphatic carbocycles. The van der Waals surface area contributed by atoms with Gasteiger partial charge >= 0.3 is 0 Å². The molecule has 0 nitrogen and oxygen atoms in total. The summed E-state index contributed by atoms with van der Waals surface area (Å²) < 4.78 is 0. The molecule has 0 bridgehead atoms. The van der Waals surface area contributed by atoms with Crippen LogP contribution in [0.25, 0.3) is 0 Å². The van der Waals surface area contributed by atoms with Gasteiger partial charge in [-0.1, -0.05) is 307 Å².